The second-order valence-corrected chi connectivity index (χ2v) is 7.81. The molecule has 6 nitrogen and oxygen atoms in total. The average molecular weight is 402 g/mol. The number of oxime groups is 1. The van der Waals surface area contributed by atoms with Crippen molar-refractivity contribution in [2.75, 3.05) is 11.9 Å². The number of nitrogens with one attached hydrogen (secondary N) is 1. The van der Waals surface area contributed by atoms with Crippen molar-refractivity contribution in [2.24, 2.45) is 15.9 Å². The fourth-order valence-electron chi connectivity index (χ4n) is 3.34. The molecule has 0 saturated heterocycles. The van der Waals surface area contributed by atoms with Crippen molar-refractivity contribution in [1.29, 1.82) is 0 Å². The van der Waals surface area contributed by atoms with Crippen LogP contribution < -0.4 is 11.1 Å². The van der Waals surface area contributed by atoms with E-state index in [0.717, 1.165) is 41.8 Å². The first-order chi connectivity index (χ1) is 13.5. The Hall–Kier alpha value is -2.51. The number of anilines is 1. The molecule has 146 valence electrons. The Balaban J connectivity index is 1.52. The third-order valence-electron chi connectivity index (χ3n) is 5.25. The fourth-order valence-corrected chi connectivity index (χ4v) is 3.55. The first-order valence-corrected chi connectivity index (χ1v) is 9.57. The standard InChI is InChI=1S/C20H21ClFN5O/c21-15-9-12(1-2-16(15)22)10-17(27-28)13-3-7-25-19-14(13)11-18(26-19)24-8-6-20(23)4-5-20/h1-3,7,9,28H,4-6,8,10-11,23H2,(H,24,25,26)/b27-17+. The third kappa shape index (κ3) is 4.00. The summed E-state index contributed by atoms with van der Waals surface area (Å²) in [5.74, 6) is 1.07. The highest BCUT2D eigenvalue weighted by molar-refractivity contribution is 6.30. The Morgan fingerprint density at radius 2 is 2.18 bits per heavy atom. The molecule has 1 fully saturated rings. The van der Waals surface area contributed by atoms with Gasteiger partial charge in [0.05, 0.1) is 10.7 Å². The molecule has 0 atom stereocenters. The number of aromatic nitrogens is 1. The van der Waals surface area contributed by atoms with Crippen molar-refractivity contribution < 1.29 is 9.60 Å². The molecule has 0 spiro atoms. The van der Waals surface area contributed by atoms with Gasteiger partial charge in [0.2, 0.25) is 0 Å². The van der Waals surface area contributed by atoms with Crippen molar-refractivity contribution in [3.05, 3.63) is 58.0 Å². The van der Waals surface area contributed by atoms with Crippen molar-refractivity contribution in [2.45, 2.75) is 37.6 Å². The van der Waals surface area contributed by atoms with Gasteiger partial charge in [-0.25, -0.2) is 9.37 Å². The minimum absolute atomic E-state index is 0.0218. The lowest BCUT2D eigenvalue weighted by molar-refractivity contribution is 0.318. The van der Waals surface area contributed by atoms with Gasteiger partial charge in [0.15, 0.2) is 0 Å². The number of benzene rings is 1. The number of pyridine rings is 1. The zero-order chi connectivity index (χ0) is 19.7. The van der Waals surface area contributed by atoms with Gasteiger partial charge in [0.1, 0.15) is 17.5 Å². The first-order valence-electron chi connectivity index (χ1n) is 9.20. The van der Waals surface area contributed by atoms with Gasteiger partial charge in [0, 0.05) is 42.2 Å². The summed E-state index contributed by atoms with van der Waals surface area (Å²) in [6.45, 7) is 0.678. The Morgan fingerprint density at radius 3 is 2.89 bits per heavy atom. The maximum Gasteiger partial charge on any atom is 0.141 e. The average Bonchev–Trinajstić information content (AvgIpc) is 3.25. The minimum Gasteiger partial charge on any atom is -0.411 e. The molecule has 28 heavy (non-hydrogen) atoms. The van der Waals surface area contributed by atoms with Crippen LogP contribution in [0.25, 0.3) is 0 Å². The molecule has 1 aliphatic carbocycles. The molecule has 2 aliphatic rings. The number of nitrogens with two attached hydrogens (primary N) is 1. The SMILES string of the molecule is NC1(CCN=C2Cc3c(/C(Cc4ccc(F)c(Cl)c4)=N/O)ccnc3N2)CC1. The van der Waals surface area contributed by atoms with E-state index in [2.05, 4.69) is 20.4 Å². The molecule has 0 amide bonds. The molecule has 2 aromatic rings. The summed E-state index contributed by atoms with van der Waals surface area (Å²) in [6.07, 6.45) is 5.58. The maximum absolute atomic E-state index is 13.4. The summed E-state index contributed by atoms with van der Waals surface area (Å²) in [5, 5.41) is 16.3. The molecule has 4 rings (SSSR count). The molecular formula is C20H21ClFN5O. The highest BCUT2D eigenvalue weighted by Gasteiger charge is 2.37. The summed E-state index contributed by atoms with van der Waals surface area (Å²) in [6, 6.07) is 6.28. The van der Waals surface area contributed by atoms with Gasteiger partial charge in [-0.15, -0.1) is 0 Å². The van der Waals surface area contributed by atoms with Gasteiger partial charge in [-0.3, -0.25) is 4.99 Å². The van der Waals surface area contributed by atoms with E-state index < -0.39 is 5.82 Å². The van der Waals surface area contributed by atoms with Crippen molar-refractivity contribution in [3.63, 3.8) is 0 Å². The Bertz CT molecular complexity index is 971. The smallest absolute Gasteiger partial charge is 0.141 e. The minimum atomic E-state index is -0.479. The molecule has 1 aromatic heterocycles. The molecule has 8 heteroatoms. The molecule has 4 N–H and O–H groups in total. The van der Waals surface area contributed by atoms with Crippen LogP contribution in [-0.4, -0.2) is 33.8 Å². The van der Waals surface area contributed by atoms with E-state index in [-0.39, 0.29) is 10.6 Å². The van der Waals surface area contributed by atoms with Crippen LogP contribution in [0.1, 0.15) is 36.0 Å². The summed E-state index contributed by atoms with van der Waals surface area (Å²) in [4.78, 5) is 8.98. The Morgan fingerprint density at radius 1 is 1.36 bits per heavy atom. The molecule has 0 unspecified atom stereocenters. The zero-order valence-electron chi connectivity index (χ0n) is 15.3. The van der Waals surface area contributed by atoms with Crippen molar-refractivity contribution in [1.82, 2.24) is 4.98 Å². The normalized spacial score (nSPS) is 18.8. The lowest BCUT2D eigenvalue weighted by atomic mass is 9.98. The van der Waals surface area contributed by atoms with Crippen LogP contribution in [0.5, 0.6) is 0 Å². The number of hydrogen-bond acceptors (Lipinski definition) is 5. The maximum atomic E-state index is 13.4. The lowest BCUT2D eigenvalue weighted by Crippen LogP contribution is -2.23. The van der Waals surface area contributed by atoms with Crippen LogP contribution in [0.2, 0.25) is 5.02 Å². The monoisotopic (exact) mass is 401 g/mol. The molecular weight excluding hydrogens is 381 g/mol. The number of rotatable bonds is 6. The van der Waals surface area contributed by atoms with Crippen LogP contribution in [0.15, 0.2) is 40.6 Å². The number of amidine groups is 1. The number of fused-ring (bicyclic) bond motifs is 1. The van der Waals surface area contributed by atoms with Crippen LogP contribution in [0, 0.1) is 5.82 Å². The summed E-state index contributed by atoms with van der Waals surface area (Å²) < 4.78 is 13.4. The van der Waals surface area contributed by atoms with Gasteiger partial charge in [-0.05, 0) is 43.0 Å². The molecule has 0 radical (unpaired) electrons. The Kier molecular flexibility index (Phi) is 5.03. The predicted octanol–water partition coefficient (Wildman–Crippen LogP) is 3.54. The van der Waals surface area contributed by atoms with Gasteiger partial charge in [-0.1, -0.05) is 22.8 Å². The number of nitrogens with zero attached hydrogens (tertiary/aromatic N) is 3. The van der Waals surface area contributed by atoms with Crippen molar-refractivity contribution >= 4 is 29.0 Å². The second kappa shape index (κ2) is 7.48. The van der Waals surface area contributed by atoms with Crippen LogP contribution in [-0.2, 0) is 12.8 Å². The van der Waals surface area contributed by atoms with Gasteiger partial charge >= 0.3 is 0 Å². The van der Waals surface area contributed by atoms with E-state index in [0.29, 0.717) is 30.9 Å². The van der Waals surface area contributed by atoms with E-state index in [9.17, 15) is 9.60 Å². The van der Waals surface area contributed by atoms with Crippen LogP contribution in [0.4, 0.5) is 10.2 Å². The van der Waals surface area contributed by atoms with Gasteiger partial charge in [-0.2, -0.15) is 0 Å². The lowest BCUT2D eigenvalue weighted by Gasteiger charge is -2.09. The second-order valence-electron chi connectivity index (χ2n) is 7.40. The van der Waals surface area contributed by atoms with Gasteiger partial charge in [0.25, 0.3) is 0 Å². The largest absolute Gasteiger partial charge is 0.411 e. The van der Waals surface area contributed by atoms with Crippen molar-refractivity contribution in [3.8, 4) is 0 Å². The van der Waals surface area contributed by atoms with E-state index in [1.807, 2.05) is 6.07 Å². The summed E-state index contributed by atoms with van der Waals surface area (Å²) >= 11 is 5.86. The predicted molar refractivity (Wildman–Crippen MR) is 108 cm³/mol. The molecule has 2 heterocycles. The molecule has 1 aromatic carbocycles. The topological polar surface area (TPSA) is 95.9 Å². The highest BCUT2D eigenvalue weighted by Crippen LogP contribution is 2.35. The number of halogens is 2. The first kappa shape index (κ1) is 18.8. The fraction of sp³-hybridized carbons (Fsp3) is 0.350. The molecule has 1 saturated carbocycles. The number of hydrogen-bond donors (Lipinski definition) is 3. The summed E-state index contributed by atoms with van der Waals surface area (Å²) in [7, 11) is 0. The summed E-state index contributed by atoms with van der Waals surface area (Å²) in [5.41, 5.74) is 9.01. The highest BCUT2D eigenvalue weighted by atomic mass is 35.5. The molecule has 0 bridgehead atoms. The zero-order valence-corrected chi connectivity index (χ0v) is 16.0. The van der Waals surface area contributed by atoms with Crippen LogP contribution >= 0.6 is 11.6 Å². The van der Waals surface area contributed by atoms with E-state index >= 15 is 0 Å². The van der Waals surface area contributed by atoms with Crippen LogP contribution in [0.3, 0.4) is 0 Å². The molecule has 1 aliphatic heterocycles. The van der Waals surface area contributed by atoms with E-state index in [1.165, 1.54) is 12.1 Å². The Labute approximate surface area is 167 Å². The van der Waals surface area contributed by atoms with E-state index in [4.69, 9.17) is 17.3 Å². The quantitative estimate of drug-likeness (QED) is 0.392. The third-order valence-corrected chi connectivity index (χ3v) is 5.54. The number of aliphatic imine (C=N–C) groups is 1. The van der Waals surface area contributed by atoms with E-state index in [1.54, 1.807) is 12.3 Å². The van der Waals surface area contributed by atoms with Gasteiger partial charge < -0.3 is 16.3 Å².